The van der Waals surface area contributed by atoms with Crippen LogP contribution in [0.1, 0.15) is 5.69 Å². The molecule has 0 atom stereocenters. The van der Waals surface area contributed by atoms with Crippen LogP contribution in [0.2, 0.25) is 0 Å². The molecule has 0 unspecified atom stereocenters. The monoisotopic (exact) mass is 301 g/mol. The zero-order valence-electron chi connectivity index (χ0n) is 11.2. The zero-order chi connectivity index (χ0) is 15.0. The third-order valence-corrected chi connectivity index (χ3v) is 3.62. The Kier molecular flexibility index (Phi) is 3.34. The zero-order valence-corrected chi connectivity index (χ0v) is 12.0. The minimum atomic E-state index is -0.288. The normalized spacial score (nSPS) is 10.8. The van der Waals surface area contributed by atoms with Crippen LogP contribution in [0.4, 0.5) is 10.2 Å². The highest BCUT2D eigenvalue weighted by Crippen LogP contribution is 2.23. The quantitative estimate of drug-likeness (QED) is 0.714. The van der Waals surface area contributed by atoms with Crippen LogP contribution in [0, 0.1) is 12.7 Å². The van der Waals surface area contributed by atoms with Crippen molar-refractivity contribution in [2.24, 2.45) is 0 Å². The summed E-state index contributed by atoms with van der Waals surface area (Å²) in [6.45, 7) is 1.81. The molecule has 0 aliphatic heterocycles. The predicted octanol–water partition coefficient (Wildman–Crippen LogP) is 2.65. The number of nitrogens with zero attached hydrogens (tertiary/aromatic N) is 4. The van der Waals surface area contributed by atoms with Crippen LogP contribution >= 0.6 is 12.6 Å². The van der Waals surface area contributed by atoms with E-state index in [2.05, 4.69) is 27.9 Å². The summed E-state index contributed by atoms with van der Waals surface area (Å²) in [4.78, 5) is 0.624. The number of nitrogens with two attached hydrogens (primary N) is 1. The fourth-order valence-corrected chi connectivity index (χ4v) is 2.06. The third kappa shape index (κ3) is 2.47. The number of aromatic nitrogens is 4. The van der Waals surface area contributed by atoms with Crippen molar-refractivity contribution < 1.29 is 4.39 Å². The second-order valence-corrected chi connectivity index (χ2v) is 4.96. The van der Waals surface area contributed by atoms with Gasteiger partial charge in [0.15, 0.2) is 5.82 Å². The van der Waals surface area contributed by atoms with Gasteiger partial charge in [0, 0.05) is 5.56 Å². The Morgan fingerprint density at radius 2 is 1.81 bits per heavy atom. The van der Waals surface area contributed by atoms with Crippen molar-refractivity contribution in [1.29, 1.82) is 0 Å². The average Bonchev–Trinajstić information content (AvgIpc) is 2.76. The molecular formula is C14H12FN5S. The Hall–Kier alpha value is -2.41. The van der Waals surface area contributed by atoms with Crippen LogP contribution in [0.25, 0.3) is 17.1 Å². The van der Waals surface area contributed by atoms with Crippen LogP contribution in [0.5, 0.6) is 0 Å². The molecule has 5 nitrogen and oxygen atoms in total. The summed E-state index contributed by atoms with van der Waals surface area (Å²) in [5.74, 6) is 0.630. The van der Waals surface area contributed by atoms with Gasteiger partial charge in [0.05, 0.1) is 16.3 Å². The number of halogens is 1. The number of nitrogen functional groups attached to an aromatic ring is 1. The van der Waals surface area contributed by atoms with E-state index < -0.39 is 0 Å². The molecule has 0 saturated carbocycles. The molecule has 7 heteroatoms. The number of hydrogen-bond donors (Lipinski definition) is 2. The van der Waals surface area contributed by atoms with E-state index in [0.29, 0.717) is 22.2 Å². The van der Waals surface area contributed by atoms with Gasteiger partial charge in [0.2, 0.25) is 0 Å². The Morgan fingerprint density at radius 1 is 1.10 bits per heavy atom. The first kappa shape index (κ1) is 13.6. The lowest BCUT2D eigenvalue weighted by Gasteiger charge is -2.04. The molecule has 0 spiro atoms. The number of benzene rings is 1. The maximum Gasteiger partial charge on any atom is 0.178 e. The number of aryl methyl sites for hydroxylation is 1. The molecule has 0 fully saturated rings. The lowest BCUT2D eigenvalue weighted by Crippen LogP contribution is -2.05. The molecule has 21 heavy (non-hydrogen) atoms. The smallest absolute Gasteiger partial charge is 0.178 e. The summed E-state index contributed by atoms with van der Waals surface area (Å²) in [5, 5.41) is 12.5. The summed E-state index contributed by atoms with van der Waals surface area (Å²) in [6.07, 6.45) is 0. The van der Waals surface area contributed by atoms with Gasteiger partial charge in [-0.2, -0.15) is 9.78 Å². The molecule has 0 amide bonds. The summed E-state index contributed by atoms with van der Waals surface area (Å²) >= 11 is 4.28. The van der Waals surface area contributed by atoms with E-state index in [9.17, 15) is 4.39 Å². The molecule has 0 saturated heterocycles. The van der Waals surface area contributed by atoms with E-state index in [1.165, 1.54) is 16.8 Å². The Labute approximate surface area is 126 Å². The van der Waals surface area contributed by atoms with Crippen molar-refractivity contribution in [3.63, 3.8) is 0 Å². The molecule has 106 valence electrons. The molecule has 3 aromatic rings. The minimum Gasteiger partial charge on any atom is -0.383 e. The van der Waals surface area contributed by atoms with Crippen LogP contribution in [-0.2, 0) is 0 Å². The third-order valence-electron chi connectivity index (χ3n) is 3.07. The van der Waals surface area contributed by atoms with Gasteiger partial charge in [-0.1, -0.05) is 0 Å². The Morgan fingerprint density at radius 3 is 2.33 bits per heavy atom. The average molecular weight is 301 g/mol. The molecule has 0 radical (unpaired) electrons. The lowest BCUT2D eigenvalue weighted by molar-refractivity contribution is 0.628. The second-order valence-electron chi connectivity index (χ2n) is 4.51. The van der Waals surface area contributed by atoms with E-state index in [0.717, 1.165) is 11.3 Å². The number of hydrogen-bond acceptors (Lipinski definition) is 5. The molecule has 3 rings (SSSR count). The van der Waals surface area contributed by atoms with Gasteiger partial charge in [-0.15, -0.1) is 22.8 Å². The highest BCUT2D eigenvalue weighted by Gasteiger charge is 2.12. The molecule has 0 aliphatic carbocycles. The van der Waals surface area contributed by atoms with Crippen molar-refractivity contribution in [3.8, 4) is 17.1 Å². The molecule has 2 heterocycles. The molecule has 1 aromatic carbocycles. The molecule has 2 N–H and O–H groups in total. The largest absolute Gasteiger partial charge is 0.383 e. The second kappa shape index (κ2) is 5.17. The molecule has 2 aromatic heterocycles. The van der Waals surface area contributed by atoms with Crippen LogP contribution in [0.15, 0.2) is 41.3 Å². The van der Waals surface area contributed by atoms with Crippen molar-refractivity contribution in [2.45, 2.75) is 11.8 Å². The van der Waals surface area contributed by atoms with Gasteiger partial charge in [-0.3, -0.25) is 0 Å². The van der Waals surface area contributed by atoms with Gasteiger partial charge < -0.3 is 5.73 Å². The van der Waals surface area contributed by atoms with E-state index in [1.54, 1.807) is 24.3 Å². The van der Waals surface area contributed by atoms with Crippen molar-refractivity contribution >= 4 is 18.4 Å². The minimum absolute atomic E-state index is 0.288. The molecule has 0 bridgehead atoms. The summed E-state index contributed by atoms with van der Waals surface area (Å²) in [7, 11) is 0. The predicted molar refractivity (Wildman–Crippen MR) is 80.9 cm³/mol. The summed E-state index contributed by atoms with van der Waals surface area (Å²) in [6, 6.07) is 9.60. The van der Waals surface area contributed by atoms with Gasteiger partial charge in [-0.05, 0) is 43.3 Å². The van der Waals surface area contributed by atoms with E-state index in [4.69, 9.17) is 5.73 Å². The van der Waals surface area contributed by atoms with Gasteiger partial charge in [-0.25, -0.2) is 4.39 Å². The highest BCUT2D eigenvalue weighted by atomic mass is 32.1. The first-order chi connectivity index (χ1) is 10.1. The highest BCUT2D eigenvalue weighted by molar-refractivity contribution is 7.80. The standard InChI is InChI=1S/C14H12FN5S/c1-8-13(21)14(16)20(19-8)12-7-6-11(17-18-12)9-2-4-10(15)5-3-9/h2-7,21H,16H2,1H3. The van der Waals surface area contributed by atoms with Crippen LogP contribution in [-0.4, -0.2) is 20.0 Å². The van der Waals surface area contributed by atoms with Crippen molar-refractivity contribution in [1.82, 2.24) is 20.0 Å². The fourth-order valence-electron chi connectivity index (χ4n) is 1.92. The Bertz CT molecular complexity index is 780. The van der Waals surface area contributed by atoms with E-state index in [-0.39, 0.29) is 5.82 Å². The Balaban J connectivity index is 1.97. The van der Waals surface area contributed by atoms with Crippen molar-refractivity contribution in [3.05, 3.63) is 47.9 Å². The fraction of sp³-hybridized carbons (Fsp3) is 0.0714. The van der Waals surface area contributed by atoms with Gasteiger partial charge in [0.25, 0.3) is 0 Å². The van der Waals surface area contributed by atoms with Crippen LogP contribution < -0.4 is 5.73 Å². The number of rotatable bonds is 2. The topological polar surface area (TPSA) is 69.6 Å². The lowest BCUT2D eigenvalue weighted by atomic mass is 10.1. The van der Waals surface area contributed by atoms with E-state index >= 15 is 0 Å². The van der Waals surface area contributed by atoms with Gasteiger partial charge in [0.1, 0.15) is 11.6 Å². The van der Waals surface area contributed by atoms with Gasteiger partial charge >= 0.3 is 0 Å². The summed E-state index contributed by atoms with van der Waals surface area (Å²) < 4.78 is 14.4. The first-order valence-electron chi connectivity index (χ1n) is 6.20. The number of anilines is 1. The SMILES string of the molecule is Cc1nn(-c2ccc(-c3ccc(F)cc3)nn2)c(N)c1S. The molecule has 0 aliphatic rings. The van der Waals surface area contributed by atoms with E-state index in [1.807, 2.05) is 6.92 Å². The van der Waals surface area contributed by atoms with Crippen molar-refractivity contribution in [2.75, 3.05) is 5.73 Å². The maximum absolute atomic E-state index is 12.9. The first-order valence-corrected chi connectivity index (χ1v) is 6.65. The van der Waals surface area contributed by atoms with Crippen LogP contribution in [0.3, 0.4) is 0 Å². The maximum atomic E-state index is 12.9. The summed E-state index contributed by atoms with van der Waals surface area (Å²) in [5.41, 5.74) is 8.07. The molecular weight excluding hydrogens is 289 g/mol. The number of thiol groups is 1.